The van der Waals surface area contributed by atoms with Crippen LogP contribution in [0.1, 0.15) is 39.5 Å². The lowest BCUT2D eigenvalue weighted by Gasteiger charge is -1.86. The van der Waals surface area contributed by atoms with Crippen LogP contribution in [0.2, 0.25) is 0 Å². The Morgan fingerprint density at radius 2 is 1.00 bits per heavy atom. The maximum absolute atomic E-state index is 4.95. The molecule has 4 N–H and O–H groups in total. The van der Waals surface area contributed by atoms with Crippen molar-refractivity contribution >= 4 is 25.3 Å². The quantitative estimate of drug-likeness (QED) is 0.440. The maximum atomic E-state index is 4.95. The summed E-state index contributed by atoms with van der Waals surface area (Å²) in [4.78, 5) is 0. The fourth-order valence-corrected chi connectivity index (χ4v) is 0.500. The van der Waals surface area contributed by atoms with Crippen LogP contribution in [0.3, 0.4) is 0 Å². The molecule has 0 bridgehead atoms. The van der Waals surface area contributed by atoms with Crippen molar-refractivity contribution in [1.29, 1.82) is 0 Å². The number of thiol groups is 2. The first kappa shape index (κ1) is 20.1. The molecule has 0 saturated heterocycles. The third kappa shape index (κ3) is 54.0. The van der Waals surface area contributed by atoms with Crippen LogP contribution < -0.4 is 11.5 Å². The third-order valence-corrected chi connectivity index (χ3v) is 1.73. The van der Waals surface area contributed by atoms with Gasteiger partial charge in [0.2, 0.25) is 0 Å². The molecule has 0 amide bonds. The SMILES string of the molecule is CCCCCC.NCCS.NCCS. The Balaban J connectivity index is -0.000000135. The van der Waals surface area contributed by atoms with E-state index in [9.17, 15) is 0 Å². The summed E-state index contributed by atoms with van der Waals surface area (Å²) < 4.78 is 0. The molecule has 0 aliphatic carbocycles. The van der Waals surface area contributed by atoms with Crippen LogP contribution in [0, 0.1) is 0 Å². The van der Waals surface area contributed by atoms with Crippen molar-refractivity contribution in [3.8, 4) is 0 Å². The number of unbranched alkanes of at least 4 members (excludes halogenated alkanes) is 3. The van der Waals surface area contributed by atoms with Gasteiger partial charge in [-0.3, -0.25) is 0 Å². The zero-order valence-corrected chi connectivity index (χ0v) is 11.5. The predicted octanol–water partition coefficient (Wildman–Crippen LogP) is 2.34. The van der Waals surface area contributed by atoms with Crippen LogP contribution >= 0.6 is 25.3 Å². The largest absolute Gasteiger partial charge is 0.330 e. The van der Waals surface area contributed by atoms with Gasteiger partial charge in [0.1, 0.15) is 0 Å². The molecule has 0 heterocycles. The van der Waals surface area contributed by atoms with Crippen LogP contribution in [-0.2, 0) is 0 Å². The topological polar surface area (TPSA) is 52.0 Å². The molecular weight excluding hydrogens is 212 g/mol. The highest BCUT2D eigenvalue weighted by Gasteiger charge is 1.75. The van der Waals surface area contributed by atoms with E-state index < -0.39 is 0 Å². The van der Waals surface area contributed by atoms with Crippen molar-refractivity contribution in [3.05, 3.63) is 0 Å². The van der Waals surface area contributed by atoms with Crippen molar-refractivity contribution in [2.24, 2.45) is 11.5 Å². The number of nitrogens with two attached hydrogens (primary N) is 2. The summed E-state index contributed by atoms with van der Waals surface area (Å²) in [6, 6.07) is 0. The molecule has 0 aliphatic heterocycles. The number of hydrogen-bond acceptors (Lipinski definition) is 4. The van der Waals surface area contributed by atoms with Gasteiger partial charge in [-0.05, 0) is 0 Å². The standard InChI is InChI=1S/C6H14.2C2H7NS/c1-3-5-6-4-2;2*3-1-2-4/h3-6H2,1-2H3;2*4H,1-3H2. The average Bonchev–Trinajstić information content (AvgIpc) is 2.27. The first-order valence-electron chi connectivity index (χ1n) is 5.36. The molecule has 0 rings (SSSR count). The van der Waals surface area contributed by atoms with Crippen molar-refractivity contribution in [1.82, 2.24) is 0 Å². The summed E-state index contributed by atoms with van der Waals surface area (Å²) in [7, 11) is 0. The Kier molecular flexibility index (Phi) is 41.9. The second-order valence-electron chi connectivity index (χ2n) is 2.73. The van der Waals surface area contributed by atoms with Crippen LogP contribution in [0.25, 0.3) is 0 Å². The van der Waals surface area contributed by atoms with E-state index >= 15 is 0 Å². The molecule has 0 fully saturated rings. The summed E-state index contributed by atoms with van der Waals surface area (Å²) in [6.45, 7) is 5.83. The van der Waals surface area contributed by atoms with E-state index in [0.717, 1.165) is 11.5 Å². The summed E-state index contributed by atoms with van der Waals surface area (Å²) in [5, 5.41) is 0. The Morgan fingerprint density at radius 3 is 1.07 bits per heavy atom. The minimum absolute atomic E-state index is 0.684. The molecule has 2 nitrogen and oxygen atoms in total. The van der Waals surface area contributed by atoms with Crippen molar-refractivity contribution in [3.63, 3.8) is 0 Å². The van der Waals surface area contributed by atoms with Gasteiger partial charge in [0.15, 0.2) is 0 Å². The Labute approximate surface area is 101 Å². The van der Waals surface area contributed by atoms with E-state index in [1.54, 1.807) is 0 Å². The summed E-state index contributed by atoms with van der Waals surface area (Å²) in [6.07, 6.45) is 5.54. The summed E-state index contributed by atoms with van der Waals surface area (Å²) in [5.41, 5.74) is 9.90. The molecule has 90 valence electrons. The molecule has 0 unspecified atom stereocenters. The molecule has 0 radical (unpaired) electrons. The second kappa shape index (κ2) is 29.2. The van der Waals surface area contributed by atoms with Crippen molar-refractivity contribution in [2.75, 3.05) is 24.6 Å². The fraction of sp³-hybridized carbons (Fsp3) is 1.00. The molecular formula is C10H28N2S2. The van der Waals surface area contributed by atoms with Gasteiger partial charge in [0.05, 0.1) is 0 Å². The van der Waals surface area contributed by atoms with Gasteiger partial charge in [-0.1, -0.05) is 39.5 Å². The van der Waals surface area contributed by atoms with Gasteiger partial charge in [0.25, 0.3) is 0 Å². The third-order valence-electron chi connectivity index (χ3n) is 1.22. The van der Waals surface area contributed by atoms with Crippen LogP contribution in [0.4, 0.5) is 0 Å². The molecule has 0 aliphatic rings. The zero-order valence-electron chi connectivity index (χ0n) is 9.71. The molecule has 0 atom stereocenters. The molecule has 0 aromatic heterocycles. The second-order valence-corrected chi connectivity index (χ2v) is 3.63. The number of rotatable bonds is 5. The molecule has 0 saturated carbocycles. The van der Waals surface area contributed by atoms with Crippen LogP contribution in [-0.4, -0.2) is 24.6 Å². The van der Waals surface area contributed by atoms with Crippen LogP contribution in [0.5, 0.6) is 0 Å². The van der Waals surface area contributed by atoms with Gasteiger partial charge >= 0.3 is 0 Å². The highest BCUT2D eigenvalue weighted by Crippen LogP contribution is 1.95. The monoisotopic (exact) mass is 240 g/mol. The average molecular weight is 240 g/mol. The van der Waals surface area contributed by atoms with E-state index in [0.29, 0.717) is 13.1 Å². The molecule has 4 heteroatoms. The molecule has 0 aromatic rings. The van der Waals surface area contributed by atoms with Crippen molar-refractivity contribution < 1.29 is 0 Å². The van der Waals surface area contributed by atoms with Gasteiger partial charge < -0.3 is 11.5 Å². The van der Waals surface area contributed by atoms with Crippen molar-refractivity contribution in [2.45, 2.75) is 39.5 Å². The Hall–Kier alpha value is 0.620. The highest BCUT2D eigenvalue weighted by atomic mass is 32.1. The van der Waals surface area contributed by atoms with Gasteiger partial charge in [0, 0.05) is 24.6 Å². The normalized spacial score (nSPS) is 8.14. The lowest BCUT2D eigenvalue weighted by Crippen LogP contribution is -1.97. The van der Waals surface area contributed by atoms with Crippen LogP contribution in [0.15, 0.2) is 0 Å². The summed E-state index contributed by atoms with van der Waals surface area (Å²) in [5.74, 6) is 1.58. The van der Waals surface area contributed by atoms with E-state index in [1.165, 1.54) is 25.7 Å². The predicted molar refractivity (Wildman–Crippen MR) is 75.6 cm³/mol. The lowest BCUT2D eigenvalue weighted by atomic mass is 10.2. The molecule has 14 heavy (non-hydrogen) atoms. The first-order valence-corrected chi connectivity index (χ1v) is 6.63. The summed E-state index contributed by atoms with van der Waals surface area (Å²) >= 11 is 7.59. The highest BCUT2D eigenvalue weighted by molar-refractivity contribution is 7.80. The van der Waals surface area contributed by atoms with Gasteiger partial charge in [-0.2, -0.15) is 25.3 Å². The minimum Gasteiger partial charge on any atom is -0.330 e. The van der Waals surface area contributed by atoms with Gasteiger partial charge in [-0.15, -0.1) is 0 Å². The maximum Gasteiger partial charge on any atom is 0.00255 e. The minimum atomic E-state index is 0.684. The number of hydrogen-bond donors (Lipinski definition) is 4. The molecule has 0 spiro atoms. The first-order chi connectivity index (χ1) is 6.74. The van der Waals surface area contributed by atoms with E-state index in [1.807, 2.05) is 0 Å². The van der Waals surface area contributed by atoms with E-state index in [-0.39, 0.29) is 0 Å². The van der Waals surface area contributed by atoms with E-state index in [2.05, 4.69) is 39.1 Å². The molecule has 0 aromatic carbocycles. The Bertz CT molecular complexity index is 52.1. The fourth-order valence-electron chi connectivity index (χ4n) is 0.500. The van der Waals surface area contributed by atoms with E-state index in [4.69, 9.17) is 11.5 Å². The van der Waals surface area contributed by atoms with Gasteiger partial charge in [-0.25, -0.2) is 0 Å². The zero-order chi connectivity index (χ0) is 11.7. The smallest absolute Gasteiger partial charge is 0.00255 e. The Morgan fingerprint density at radius 1 is 0.786 bits per heavy atom. The lowest BCUT2D eigenvalue weighted by molar-refractivity contribution is 0.702.